The molecule has 220 valence electrons. The van der Waals surface area contributed by atoms with Gasteiger partial charge >= 0.3 is 5.97 Å². The zero-order valence-electron chi connectivity index (χ0n) is 25.3. The van der Waals surface area contributed by atoms with Gasteiger partial charge in [0.15, 0.2) is 0 Å². The summed E-state index contributed by atoms with van der Waals surface area (Å²) in [5, 5.41) is 2.96. The lowest BCUT2D eigenvalue weighted by Gasteiger charge is -2.32. The average Bonchev–Trinajstić information content (AvgIpc) is 2.97. The van der Waals surface area contributed by atoms with E-state index < -0.39 is 12.0 Å². The van der Waals surface area contributed by atoms with Gasteiger partial charge in [-0.2, -0.15) is 11.8 Å². The van der Waals surface area contributed by atoms with Crippen molar-refractivity contribution in [1.29, 1.82) is 0 Å². The highest BCUT2D eigenvalue weighted by Crippen LogP contribution is 2.30. The van der Waals surface area contributed by atoms with Gasteiger partial charge in [-0.3, -0.25) is 9.69 Å². The van der Waals surface area contributed by atoms with Crippen LogP contribution in [0.4, 0.5) is 0 Å². The highest BCUT2D eigenvalue weighted by Gasteiger charge is 2.25. The number of nitrogens with zero attached hydrogens (tertiary/aromatic N) is 1. The van der Waals surface area contributed by atoms with Crippen LogP contribution in [0.2, 0.25) is 0 Å². The molecule has 0 aromatic heterocycles. The lowest BCUT2D eigenvalue weighted by molar-refractivity contribution is -0.142. The minimum absolute atomic E-state index is 0.241. The van der Waals surface area contributed by atoms with Gasteiger partial charge in [0.05, 0.1) is 7.11 Å². The molecule has 0 spiro atoms. The van der Waals surface area contributed by atoms with E-state index in [2.05, 4.69) is 55.3 Å². The number of methoxy groups -OCH3 is 1. The maximum Gasteiger partial charge on any atom is 0.328 e. The fourth-order valence-electron chi connectivity index (χ4n) is 5.96. The number of thioether (sulfide) groups is 1. The molecule has 6 heteroatoms. The SMILES string of the molecule is CCCC(C)N(CCC1CCCCC1)Cc1ccc(C(=O)NC(CCSC)C(=O)OC)c(-c2ccccc2C)c1. The number of nitrogens with one attached hydrogen (secondary N) is 1. The standard InChI is InChI=1S/C34H50N2O3S/c1-6-12-26(3)36(21-19-27-14-8-7-9-15-27)24-28-17-18-30(31(23-28)29-16-11-10-13-25(29)2)33(37)35-32(20-22-40-5)34(38)39-4/h10-11,13,16-18,23,26-27,32H,6-9,12,14-15,19-22,24H2,1-5H3,(H,35,37). The van der Waals surface area contributed by atoms with Crippen LogP contribution in [0.15, 0.2) is 42.5 Å². The van der Waals surface area contributed by atoms with Crippen LogP contribution in [0.3, 0.4) is 0 Å². The van der Waals surface area contributed by atoms with Crippen molar-refractivity contribution in [2.75, 3.05) is 25.7 Å². The Bertz CT molecular complexity index is 1080. The third-order valence-electron chi connectivity index (χ3n) is 8.43. The van der Waals surface area contributed by atoms with Gasteiger partial charge in [-0.1, -0.05) is 75.8 Å². The van der Waals surface area contributed by atoms with Crippen molar-refractivity contribution in [3.8, 4) is 11.1 Å². The molecule has 0 heterocycles. The minimum atomic E-state index is -0.667. The number of carbonyl (C=O) groups is 2. The van der Waals surface area contributed by atoms with E-state index in [1.807, 2.05) is 24.5 Å². The summed E-state index contributed by atoms with van der Waals surface area (Å²) in [6.45, 7) is 8.69. The molecular formula is C34H50N2O3S. The number of benzene rings is 2. The first-order valence-corrected chi connectivity index (χ1v) is 16.6. The van der Waals surface area contributed by atoms with Crippen molar-refractivity contribution >= 4 is 23.6 Å². The molecule has 1 amide bonds. The van der Waals surface area contributed by atoms with E-state index in [1.54, 1.807) is 11.8 Å². The number of rotatable bonds is 15. The highest BCUT2D eigenvalue weighted by atomic mass is 32.2. The number of ether oxygens (including phenoxy) is 1. The average molecular weight is 567 g/mol. The lowest BCUT2D eigenvalue weighted by atomic mass is 9.86. The van der Waals surface area contributed by atoms with Gasteiger partial charge in [-0.25, -0.2) is 4.79 Å². The van der Waals surface area contributed by atoms with Crippen molar-refractivity contribution in [2.24, 2.45) is 5.92 Å². The molecule has 40 heavy (non-hydrogen) atoms. The van der Waals surface area contributed by atoms with Crippen molar-refractivity contribution in [2.45, 2.75) is 97.2 Å². The molecule has 1 N–H and O–H groups in total. The highest BCUT2D eigenvalue weighted by molar-refractivity contribution is 7.98. The topological polar surface area (TPSA) is 58.6 Å². The minimum Gasteiger partial charge on any atom is -0.467 e. The zero-order valence-corrected chi connectivity index (χ0v) is 26.2. The Hall–Kier alpha value is -2.31. The summed E-state index contributed by atoms with van der Waals surface area (Å²) in [4.78, 5) is 28.7. The molecular weight excluding hydrogens is 516 g/mol. The summed E-state index contributed by atoms with van der Waals surface area (Å²) in [6.07, 6.45) is 13.1. The first-order valence-electron chi connectivity index (χ1n) is 15.2. The van der Waals surface area contributed by atoms with Crippen molar-refractivity contribution in [3.05, 3.63) is 59.2 Å². The van der Waals surface area contributed by atoms with Crippen molar-refractivity contribution in [1.82, 2.24) is 10.2 Å². The predicted molar refractivity (Wildman–Crippen MR) is 169 cm³/mol. The fraction of sp³-hybridized carbons (Fsp3) is 0.588. The third kappa shape index (κ3) is 9.37. The molecule has 0 bridgehead atoms. The molecule has 1 fully saturated rings. The summed E-state index contributed by atoms with van der Waals surface area (Å²) in [6, 6.07) is 14.3. The second-order valence-corrected chi connectivity index (χ2v) is 12.4. The van der Waals surface area contributed by atoms with E-state index in [-0.39, 0.29) is 5.91 Å². The summed E-state index contributed by atoms with van der Waals surface area (Å²) >= 11 is 1.65. The van der Waals surface area contributed by atoms with Gasteiger partial charge in [0, 0.05) is 18.2 Å². The number of esters is 1. The van der Waals surface area contributed by atoms with Gasteiger partial charge in [-0.15, -0.1) is 0 Å². The number of amides is 1. The van der Waals surface area contributed by atoms with E-state index >= 15 is 0 Å². The zero-order chi connectivity index (χ0) is 28.9. The van der Waals surface area contributed by atoms with Gasteiger partial charge in [0.25, 0.3) is 5.91 Å². The molecule has 5 nitrogen and oxygen atoms in total. The van der Waals surface area contributed by atoms with Crippen LogP contribution in [-0.2, 0) is 16.1 Å². The summed E-state index contributed by atoms with van der Waals surface area (Å²) in [5.41, 5.74) is 4.88. The molecule has 2 aromatic carbocycles. The van der Waals surface area contributed by atoms with Gasteiger partial charge in [0.1, 0.15) is 6.04 Å². The normalized spacial score (nSPS) is 15.6. The molecule has 2 atom stereocenters. The molecule has 0 radical (unpaired) electrons. The maximum absolute atomic E-state index is 13.6. The number of aryl methyl sites for hydroxylation is 1. The Kier molecular flexibility index (Phi) is 13.6. The van der Waals surface area contributed by atoms with Crippen LogP contribution < -0.4 is 5.32 Å². The van der Waals surface area contributed by atoms with Gasteiger partial charge in [0.2, 0.25) is 0 Å². The number of hydrogen-bond donors (Lipinski definition) is 1. The fourth-order valence-corrected chi connectivity index (χ4v) is 6.43. The van der Waals surface area contributed by atoms with Gasteiger partial charge < -0.3 is 10.1 Å². The van der Waals surface area contributed by atoms with E-state index in [9.17, 15) is 9.59 Å². The molecule has 2 aromatic rings. The van der Waals surface area contributed by atoms with Crippen LogP contribution in [-0.4, -0.2) is 54.5 Å². The van der Waals surface area contributed by atoms with E-state index in [4.69, 9.17) is 4.74 Å². The first kappa shape index (κ1) is 32.2. The van der Waals surface area contributed by atoms with Crippen LogP contribution in [0.25, 0.3) is 11.1 Å². The predicted octanol–water partition coefficient (Wildman–Crippen LogP) is 7.65. The monoisotopic (exact) mass is 566 g/mol. The molecule has 1 saturated carbocycles. The van der Waals surface area contributed by atoms with Crippen LogP contribution >= 0.6 is 11.8 Å². The molecule has 2 unspecified atom stereocenters. The Balaban J connectivity index is 1.90. The largest absolute Gasteiger partial charge is 0.467 e. The summed E-state index contributed by atoms with van der Waals surface area (Å²) < 4.78 is 4.98. The van der Waals surface area contributed by atoms with Crippen LogP contribution in [0.5, 0.6) is 0 Å². The van der Waals surface area contributed by atoms with Crippen LogP contribution in [0, 0.1) is 12.8 Å². The quantitative estimate of drug-likeness (QED) is 0.224. The molecule has 1 aliphatic carbocycles. The Morgan fingerprint density at radius 2 is 1.82 bits per heavy atom. The molecule has 1 aliphatic rings. The van der Waals surface area contributed by atoms with E-state index in [1.165, 1.54) is 64.0 Å². The van der Waals surface area contributed by atoms with Crippen molar-refractivity contribution < 1.29 is 14.3 Å². The smallest absolute Gasteiger partial charge is 0.328 e. The second-order valence-electron chi connectivity index (χ2n) is 11.4. The second kappa shape index (κ2) is 16.8. The summed E-state index contributed by atoms with van der Waals surface area (Å²) in [5.74, 6) is 0.966. The Morgan fingerprint density at radius 3 is 2.50 bits per heavy atom. The molecule has 0 saturated heterocycles. The summed E-state index contributed by atoms with van der Waals surface area (Å²) in [7, 11) is 1.37. The first-order chi connectivity index (χ1) is 19.4. The lowest BCUT2D eigenvalue weighted by Crippen LogP contribution is -2.42. The Morgan fingerprint density at radius 1 is 1.07 bits per heavy atom. The molecule has 0 aliphatic heterocycles. The number of carbonyl (C=O) groups excluding carboxylic acids is 2. The van der Waals surface area contributed by atoms with Crippen molar-refractivity contribution in [3.63, 3.8) is 0 Å². The maximum atomic E-state index is 13.6. The Labute approximate surface area is 246 Å². The van der Waals surface area contributed by atoms with Crippen LogP contribution in [0.1, 0.15) is 93.1 Å². The third-order valence-corrected chi connectivity index (χ3v) is 9.07. The van der Waals surface area contributed by atoms with E-state index in [0.717, 1.165) is 41.5 Å². The molecule has 3 rings (SSSR count). The van der Waals surface area contributed by atoms with Gasteiger partial charge in [-0.05, 0) is 92.0 Å². The van der Waals surface area contributed by atoms with E-state index in [0.29, 0.717) is 18.0 Å². The number of hydrogen-bond acceptors (Lipinski definition) is 5.